The number of alkyl halides is 8. The Bertz CT molecular complexity index is 131. The fourth-order valence-electron chi connectivity index (χ4n) is 0.161. The van der Waals surface area contributed by atoms with E-state index in [1.807, 2.05) is 0 Å². The first-order valence-corrected chi connectivity index (χ1v) is 4.68. The molecule has 0 radical (unpaired) electrons. The van der Waals surface area contributed by atoms with Gasteiger partial charge in [-0.05, 0) is 31.9 Å². The Morgan fingerprint density at radius 1 is 0.909 bits per heavy atom. The highest BCUT2D eigenvalue weighted by molar-refractivity contribution is 14.1. The van der Waals surface area contributed by atoms with Gasteiger partial charge in [-0.2, -0.15) is 17.6 Å². The van der Waals surface area contributed by atoms with Crippen LogP contribution in [0.15, 0.2) is 0 Å². The predicted molar refractivity (Wildman–Crippen MR) is 45.6 cm³/mol. The van der Waals surface area contributed by atoms with Crippen LogP contribution in [-0.2, 0) is 0 Å². The molecular weight excluding hydrogens is 418 g/mol. The molecule has 0 aliphatic heterocycles. The average molecular weight is 418 g/mol. The molecule has 0 N–H and O–H groups in total. The van der Waals surface area contributed by atoms with Crippen molar-refractivity contribution in [3.63, 3.8) is 0 Å². The van der Waals surface area contributed by atoms with Gasteiger partial charge in [0.05, 0.1) is 0 Å². The van der Waals surface area contributed by atoms with Crippen molar-refractivity contribution in [1.29, 1.82) is 0 Å². The summed E-state index contributed by atoms with van der Waals surface area (Å²) in [5.41, 5.74) is 0. The van der Waals surface area contributed by atoms with Crippen molar-refractivity contribution in [3.8, 4) is 0 Å². The minimum Gasteiger partial charge on any atom is -0.216 e. The van der Waals surface area contributed by atoms with Crippen molar-refractivity contribution in [1.82, 2.24) is 0 Å². The molecule has 0 bridgehead atoms. The number of hydrogen-bond acceptors (Lipinski definition) is 0. The number of hydrogen-bond donors (Lipinski definition) is 0. The molecule has 0 rings (SSSR count). The van der Waals surface area contributed by atoms with Crippen LogP contribution in [0.5, 0.6) is 0 Å². The third kappa shape index (κ3) is 2.64. The molecule has 0 amide bonds. The van der Waals surface area contributed by atoms with E-state index in [9.17, 15) is 22.0 Å². The van der Waals surface area contributed by atoms with Crippen LogP contribution in [0.3, 0.4) is 0 Å². The summed E-state index contributed by atoms with van der Waals surface area (Å²) >= 11 is 3.38. The molecule has 8 heteroatoms. The summed E-state index contributed by atoms with van der Waals surface area (Å²) in [6, 6.07) is 0. The standard InChI is InChI=1S/C3Br2F5I/c4-1(6,2(5,7)8)3(9,10)11. The van der Waals surface area contributed by atoms with Crippen LogP contribution >= 0.6 is 54.5 Å². The van der Waals surface area contributed by atoms with Gasteiger partial charge in [0.1, 0.15) is 0 Å². The van der Waals surface area contributed by atoms with Crippen molar-refractivity contribution in [2.24, 2.45) is 0 Å². The molecule has 68 valence electrons. The molecule has 1 unspecified atom stereocenters. The van der Waals surface area contributed by atoms with Gasteiger partial charge in [0.15, 0.2) is 0 Å². The Morgan fingerprint density at radius 3 is 1.18 bits per heavy atom. The van der Waals surface area contributed by atoms with Gasteiger partial charge in [0.25, 0.3) is 0 Å². The van der Waals surface area contributed by atoms with Crippen molar-refractivity contribution >= 4 is 54.5 Å². The minimum absolute atomic E-state index is 0.279. The molecule has 0 aromatic carbocycles. The van der Waals surface area contributed by atoms with Crippen LogP contribution in [0.2, 0.25) is 0 Å². The van der Waals surface area contributed by atoms with Crippen LogP contribution in [0.4, 0.5) is 22.0 Å². The molecule has 0 nitrogen and oxygen atoms in total. The molecule has 1 atom stereocenters. The van der Waals surface area contributed by atoms with Crippen LogP contribution in [0, 0.1) is 0 Å². The molecule has 0 fully saturated rings. The van der Waals surface area contributed by atoms with Crippen LogP contribution in [0.1, 0.15) is 0 Å². The monoisotopic (exact) mass is 416 g/mol. The molecule has 0 aliphatic carbocycles. The van der Waals surface area contributed by atoms with Gasteiger partial charge >= 0.3 is 13.3 Å². The second-order valence-corrected chi connectivity index (χ2v) is 5.01. The van der Waals surface area contributed by atoms with E-state index in [4.69, 9.17) is 0 Å². The summed E-state index contributed by atoms with van der Waals surface area (Å²) < 4.78 is 52.3. The highest BCUT2D eigenvalue weighted by Gasteiger charge is 2.66. The molecule has 0 aromatic heterocycles. The fourth-order valence-corrected chi connectivity index (χ4v) is 1.12. The van der Waals surface area contributed by atoms with E-state index >= 15 is 0 Å². The lowest BCUT2D eigenvalue weighted by Crippen LogP contribution is -2.45. The van der Waals surface area contributed by atoms with E-state index in [0.717, 1.165) is 0 Å². The molecular formula is C3Br2F5I. The summed E-state index contributed by atoms with van der Waals surface area (Å²) in [5.74, 6) is 0. The fraction of sp³-hybridized carbons (Fsp3) is 1.00. The zero-order chi connectivity index (χ0) is 9.50. The summed E-state index contributed by atoms with van der Waals surface area (Å²) in [6.45, 7) is 0. The second kappa shape index (κ2) is 3.24. The largest absolute Gasteiger partial charge is 0.351 e. The smallest absolute Gasteiger partial charge is 0.216 e. The van der Waals surface area contributed by atoms with Gasteiger partial charge in [-0.15, -0.1) is 0 Å². The molecule has 0 aromatic rings. The topological polar surface area (TPSA) is 0 Å². The maximum atomic E-state index is 12.5. The quantitative estimate of drug-likeness (QED) is 0.361. The summed E-state index contributed by atoms with van der Waals surface area (Å²) in [6.07, 6.45) is 0. The zero-order valence-electron chi connectivity index (χ0n) is 4.52. The van der Waals surface area contributed by atoms with E-state index in [0.29, 0.717) is 0 Å². The highest BCUT2D eigenvalue weighted by atomic mass is 127. The molecule has 11 heavy (non-hydrogen) atoms. The Kier molecular flexibility index (Phi) is 3.64. The van der Waals surface area contributed by atoms with Gasteiger partial charge in [0, 0.05) is 22.6 Å². The lowest BCUT2D eigenvalue weighted by molar-refractivity contribution is -0.0905. The van der Waals surface area contributed by atoms with E-state index < -0.39 is 13.3 Å². The van der Waals surface area contributed by atoms with Gasteiger partial charge in [0.2, 0.25) is 0 Å². The summed E-state index contributed by atoms with van der Waals surface area (Å²) in [4.78, 5) is -4.31. The maximum absolute atomic E-state index is 12.5. The van der Waals surface area contributed by atoms with Crippen molar-refractivity contribution in [2.45, 2.75) is 13.3 Å². The van der Waals surface area contributed by atoms with Gasteiger partial charge < -0.3 is 0 Å². The molecule has 0 saturated carbocycles. The normalized spacial score (nSPS) is 19.6. The molecule has 0 saturated heterocycles. The SMILES string of the molecule is FC(F)(Br)C(F)(Br)C(F)(F)I. The van der Waals surface area contributed by atoms with E-state index in [-0.39, 0.29) is 22.6 Å². The lowest BCUT2D eigenvalue weighted by atomic mass is 10.4. The Balaban J connectivity index is 4.75. The number of halogens is 8. The third-order valence-corrected chi connectivity index (χ3v) is 4.27. The average Bonchev–Trinajstić information content (AvgIpc) is 1.58. The van der Waals surface area contributed by atoms with E-state index in [2.05, 4.69) is 0 Å². The lowest BCUT2D eigenvalue weighted by Gasteiger charge is -2.27. The van der Waals surface area contributed by atoms with Crippen LogP contribution in [0.25, 0.3) is 0 Å². The van der Waals surface area contributed by atoms with Crippen LogP contribution in [-0.4, -0.2) is 13.3 Å². The highest BCUT2D eigenvalue weighted by Crippen LogP contribution is 2.54. The van der Waals surface area contributed by atoms with Gasteiger partial charge in [-0.25, -0.2) is 4.39 Å². The van der Waals surface area contributed by atoms with Crippen molar-refractivity contribution in [3.05, 3.63) is 0 Å². The second-order valence-electron chi connectivity index (χ2n) is 1.57. The predicted octanol–water partition coefficient (Wildman–Crippen LogP) is 4.06. The van der Waals surface area contributed by atoms with Crippen molar-refractivity contribution in [2.75, 3.05) is 0 Å². The van der Waals surface area contributed by atoms with Crippen LogP contribution < -0.4 is 0 Å². The summed E-state index contributed by atoms with van der Waals surface area (Å²) in [7, 11) is 0. The molecule has 0 spiro atoms. The first kappa shape index (κ1) is 12.3. The number of rotatable bonds is 2. The third-order valence-electron chi connectivity index (χ3n) is 0.712. The van der Waals surface area contributed by atoms with E-state index in [1.54, 1.807) is 15.9 Å². The Morgan fingerprint density at radius 2 is 1.18 bits per heavy atom. The Hall–Kier alpha value is 1.34. The van der Waals surface area contributed by atoms with Crippen molar-refractivity contribution < 1.29 is 22.0 Å². The van der Waals surface area contributed by atoms with Gasteiger partial charge in [-0.3, -0.25) is 0 Å². The molecule has 0 heterocycles. The summed E-state index contributed by atoms with van der Waals surface area (Å²) in [5, 5.41) is 0. The first-order valence-electron chi connectivity index (χ1n) is 2.01. The maximum Gasteiger partial charge on any atom is 0.351 e. The minimum atomic E-state index is -4.31. The zero-order valence-corrected chi connectivity index (χ0v) is 9.85. The van der Waals surface area contributed by atoms with Gasteiger partial charge in [-0.1, -0.05) is 0 Å². The Labute approximate surface area is 89.3 Å². The molecule has 0 aliphatic rings. The van der Waals surface area contributed by atoms with E-state index in [1.165, 1.54) is 15.9 Å². The first-order chi connectivity index (χ1) is 4.50.